The zero-order valence-corrected chi connectivity index (χ0v) is 9.10. The van der Waals surface area contributed by atoms with Gasteiger partial charge in [-0.25, -0.2) is 4.79 Å². The maximum Gasteiger partial charge on any atom is 0.328 e. The van der Waals surface area contributed by atoms with Gasteiger partial charge in [0.05, 0.1) is 0 Å². The number of rotatable bonds is 2. The monoisotopic (exact) mass is 235 g/mol. The second-order valence-corrected chi connectivity index (χ2v) is 3.39. The fourth-order valence-electron chi connectivity index (χ4n) is 0.998. The van der Waals surface area contributed by atoms with Crippen molar-refractivity contribution in [1.29, 1.82) is 0 Å². The minimum Gasteiger partial charge on any atom is -0.480 e. The number of benzene rings is 1. The van der Waals surface area contributed by atoms with E-state index in [2.05, 4.69) is 0 Å². The van der Waals surface area contributed by atoms with Crippen LogP contribution in [-0.4, -0.2) is 11.1 Å². The molecule has 0 aliphatic heterocycles. The smallest absolute Gasteiger partial charge is 0.328 e. The van der Waals surface area contributed by atoms with E-state index in [9.17, 15) is 4.79 Å². The van der Waals surface area contributed by atoms with Crippen LogP contribution in [0.1, 0.15) is 12.5 Å². The summed E-state index contributed by atoms with van der Waals surface area (Å²) in [5.74, 6) is -1.10. The first kappa shape index (κ1) is 13.2. The van der Waals surface area contributed by atoms with E-state index in [4.69, 9.17) is 22.4 Å². The summed E-state index contributed by atoms with van der Waals surface area (Å²) in [6, 6.07) is 6.65. The van der Waals surface area contributed by atoms with E-state index in [1.54, 1.807) is 24.3 Å². The Labute approximate surface area is 93.3 Å². The van der Waals surface area contributed by atoms with Gasteiger partial charge in [0.1, 0.15) is 5.54 Å². The molecule has 0 aliphatic carbocycles. The number of carboxylic acid groups (broad SMARTS) is 1. The zero-order chi connectivity index (χ0) is 10.1. The zero-order valence-electron chi connectivity index (χ0n) is 7.53. The third-order valence-electron chi connectivity index (χ3n) is 1.88. The quantitative estimate of drug-likeness (QED) is 0.825. The number of hydrogen-bond acceptors (Lipinski definition) is 2. The predicted octanol–water partition coefficient (Wildman–Crippen LogP) is 2.02. The maximum absolute atomic E-state index is 10.8. The minimum absolute atomic E-state index is 0. The van der Waals surface area contributed by atoms with Crippen molar-refractivity contribution in [3.8, 4) is 0 Å². The van der Waals surface area contributed by atoms with E-state index in [-0.39, 0.29) is 12.4 Å². The molecule has 1 aromatic carbocycles. The summed E-state index contributed by atoms with van der Waals surface area (Å²) in [7, 11) is 0. The van der Waals surface area contributed by atoms with Crippen LogP contribution in [0.5, 0.6) is 0 Å². The Morgan fingerprint density at radius 3 is 2.43 bits per heavy atom. The number of halogens is 2. The van der Waals surface area contributed by atoms with Crippen LogP contribution < -0.4 is 5.73 Å². The second kappa shape index (κ2) is 4.64. The molecule has 0 heterocycles. The van der Waals surface area contributed by atoms with Crippen LogP contribution in [0, 0.1) is 0 Å². The molecule has 0 saturated heterocycles. The fourth-order valence-corrected chi connectivity index (χ4v) is 1.33. The molecule has 1 rings (SSSR count). The molecule has 1 aromatic rings. The van der Waals surface area contributed by atoms with Crippen LogP contribution in [0.25, 0.3) is 0 Å². The lowest BCUT2D eigenvalue weighted by Gasteiger charge is -2.20. The van der Waals surface area contributed by atoms with Gasteiger partial charge in [-0.3, -0.25) is 0 Å². The highest BCUT2D eigenvalue weighted by molar-refractivity contribution is 6.31. The first-order valence-corrected chi connectivity index (χ1v) is 4.11. The molecule has 0 aromatic heterocycles. The lowest BCUT2D eigenvalue weighted by molar-refractivity contribution is -0.143. The molecule has 0 spiro atoms. The third kappa shape index (κ3) is 2.38. The van der Waals surface area contributed by atoms with Crippen molar-refractivity contribution in [2.24, 2.45) is 5.73 Å². The molecule has 0 amide bonds. The first-order chi connectivity index (χ1) is 5.96. The van der Waals surface area contributed by atoms with E-state index in [1.807, 2.05) is 0 Å². The maximum atomic E-state index is 10.8. The summed E-state index contributed by atoms with van der Waals surface area (Å²) >= 11 is 5.81. The van der Waals surface area contributed by atoms with E-state index in [0.717, 1.165) is 0 Å². The standard InChI is InChI=1S/C9H10ClNO2.ClH/c1-9(11,8(12)13)6-4-2-3-5-7(6)10;/h2-5H,11H2,1H3,(H,12,13);1H/t9-;/m1./s1. The van der Waals surface area contributed by atoms with Crippen molar-refractivity contribution in [2.75, 3.05) is 0 Å². The van der Waals surface area contributed by atoms with E-state index in [1.165, 1.54) is 6.92 Å². The van der Waals surface area contributed by atoms with Gasteiger partial charge in [-0.1, -0.05) is 29.8 Å². The van der Waals surface area contributed by atoms with Gasteiger partial charge in [0.15, 0.2) is 0 Å². The lowest BCUT2D eigenvalue weighted by Crippen LogP contribution is -2.41. The Morgan fingerprint density at radius 1 is 1.50 bits per heavy atom. The molecule has 0 saturated carbocycles. The van der Waals surface area contributed by atoms with Crippen molar-refractivity contribution in [1.82, 2.24) is 0 Å². The Bertz CT molecular complexity index is 339. The molecule has 0 bridgehead atoms. The molecule has 0 radical (unpaired) electrons. The molecule has 5 heteroatoms. The summed E-state index contributed by atoms with van der Waals surface area (Å²) in [5.41, 5.74) is 4.59. The van der Waals surface area contributed by atoms with Crippen LogP contribution >= 0.6 is 24.0 Å². The predicted molar refractivity (Wildman–Crippen MR) is 57.9 cm³/mol. The van der Waals surface area contributed by atoms with Gasteiger partial charge in [0, 0.05) is 10.6 Å². The van der Waals surface area contributed by atoms with E-state index < -0.39 is 11.5 Å². The molecular formula is C9H11Cl2NO2. The summed E-state index contributed by atoms with van der Waals surface area (Å²) in [6.07, 6.45) is 0. The third-order valence-corrected chi connectivity index (χ3v) is 2.21. The van der Waals surface area contributed by atoms with Gasteiger partial charge in [0.2, 0.25) is 0 Å². The second-order valence-electron chi connectivity index (χ2n) is 2.99. The largest absolute Gasteiger partial charge is 0.480 e. The fraction of sp³-hybridized carbons (Fsp3) is 0.222. The van der Waals surface area contributed by atoms with Crippen molar-refractivity contribution in [3.63, 3.8) is 0 Å². The SMILES string of the molecule is C[C@](N)(C(=O)O)c1ccccc1Cl.Cl. The van der Waals surface area contributed by atoms with E-state index in [0.29, 0.717) is 10.6 Å². The number of hydrogen-bond donors (Lipinski definition) is 2. The van der Waals surface area contributed by atoms with Crippen molar-refractivity contribution in [2.45, 2.75) is 12.5 Å². The number of carbonyl (C=O) groups is 1. The van der Waals surface area contributed by atoms with Gasteiger partial charge < -0.3 is 10.8 Å². The molecule has 0 aliphatic rings. The van der Waals surface area contributed by atoms with Gasteiger partial charge in [0.25, 0.3) is 0 Å². The Hall–Kier alpha value is -0.770. The van der Waals surface area contributed by atoms with Crippen LogP contribution in [-0.2, 0) is 10.3 Å². The van der Waals surface area contributed by atoms with Crippen LogP contribution in [0.2, 0.25) is 5.02 Å². The average molecular weight is 236 g/mol. The topological polar surface area (TPSA) is 63.3 Å². The highest BCUT2D eigenvalue weighted by atomic mass is 35.5. The number of aliphatic carboxylic acids is 1. The number of nitrogens with two attached hydrogens (primary N) is 1. The van der Waals surface area contributed by atoms with Gasteiger partial charge in [-0.15, -0.1) is 12.4 Å². The highest BCUT2D eigenvalue weighted by Crippen LogP contribution is 2.25. The minimum atomic E-state index is -1.43. The molecule has 3 nitrogen and oxygen atoms in total. The Balaban J connectivity index is 0.00000169. The van der Waals surface area contributed by atoms with Crippen molar-refractivity contribution in [3.05, 3.63) is 34.9 Å². The summed E-state index contributed by atoms with van der Waals surface area (Å²) in [6.45, 7) is 1.41. The Morgan fingerprint density at radius 2 is 2.00 bits per heavy atom. The highest BCUT2D eigenvalue weighted by Gasteiger charge is 2.31. The van der Waals surface area contributed by atoms with Crippen molar-refractivity contribution < 1.29 is 9.90 Å². The van der Waals surface area contributed by atoms with Crippen LogP contribution in [0.15, 0.2) is 24.3 Å². The molecule has 0 unspecified atom stereocenters. The average Bonchev–Trinajstić information content (AvgIpc) is 2.04. The van der Waals surface area contributed by atoms with Gasteiger partial charge in [-0.2, -0.15) is 0 Å². The normalized spacial score (nSPS) is 13.9. The molecule has 0 fully saturated rings. The molecule has 1 atom stereocenters. The summed E-state index contributed by atoms with van der Waals surface area (Å²) in [5, 5.41) is 9.21. The Kier molecular flexibility index (Phi) is 4.39. The first-order valence-electron chi connectivity index (χ1n) is 3.73. The summed E-state index contributed by atoms with van der Waals surface area (Å²) in [4.78, 5) is 10.8. The summed E-state index contributed by atoms with van der Waals surface area (Å²) < 4.78 is 0. The van der Waals surface area contributed by atoms with Crippen LogP contribution in [0.4, 0.5) is 0 Å². The number of carboxylic acids is 1. The molecule has 78 valence electrons. The van der Waals surface area contributed by atoms with Crippen molar-refractivity contribution >= 4 is 30.0 Å². The van der Waals surface area contributed by atoms with Gasteiger partial charge in [-0.05, 0) is 13.0 Å². The molecule has 14 heavy (non-hydrogen) atoms. The lowest BCUT2D eigenvalue weighted by atomic mass is 9.93. The van der Waals surface area contributed by atoms with E-state index >= 15 is 0 Å². The molecule has 3 N–H and O–H groups in total. The van der Waals surface area contributed by atoms with Crippen LogP contribution in [0.3, 0.4) is 0 Å². The van der Waals surface area contributed by atoms with Gasteiger partial charge >= 0.3 is 5.97 Å². The molecular weight excluding hydrogens is 225 g/mol.